The lowest BCUT2D eigenvalue weighted by Gasteiger charge is -2.73. The van der Waals surface area contributed by atoms with Crippen molar-refractivity contribution in [3.05, 3.63) is 65.2 Å². The number of alkyl halides is 2. The van der Waals surface area contributed by atoms with Crippen LogP contribution in [0.5, 0.6) is 0 Å². The van der Waals surface area contributed by atoms with Crippen LogP contribution in [-0.2, 0) is 21.4 Å². The van der Waals surface area contributed by atoms with Crippen LogP contribution in [0, 0.1) is 11.3 Å². The van der Waals surface area contributed by atoms with Crippen LogP contribution >= 0.6 is 11.6 Å². The third-order valence-corrected chi connectivity index (χ3v) is 10.9. The van der Waals surface area contributed by atoms with E-state index in [4.69, 9.17) is 16.6 Å². The number of rotatable bonds is 9. The third kappa shape index (κ3) is 4.44. The van der Waals surface area contributed by atoms with E-state index in [1.807, 2.05) is 26.0 Å². The van der Waals surface area contributed by atoms with Gasteiger partial charge in [0.1, 0.15) is 5.84 Å². The van der Waals surface area contributed by atoms with Crippen LogP contribution < -0.4 is 10.6 Å². The van der Waals surface area contributed by atoms with E-state index >= 15 is 0 Å². The van der Waals surface area contributed by atoms with Gasteiger partial charge in [-0.15, -0.1) is 0 Å². The number of amidine groups is 1. The van der Waals surface area contributed by atoms with Crippen LogP contribution in [0.4, 0.5) is 8.78 Å². The van der Waals surface area contributed by atoms with Gasteiger partial charge in [-0.05, 0) is 62.9 Å². The van der Waals surface area contributed by atoms with Gasteiger partial charge in [0.05, 0.1) is 10.4 Å². The molecule has 1 amide bonds. The first-order valence-electron chi connectivity index (χ1n) is 13.1. The fraction of sp³-hybridized carbons (Fsp3) is 0.500. The fourth-order valence-corrected chi connectivity index (χ4v) is 8.30. The highest BCUT2D eigenvalue weighted by atomic mass is 35.5. The predicted molar refractivity (Wildman–Crippen MR) is 144 cm³/mol. The minimum absolute atomic E-state index is 0.0610. The SMILES string of the molecule is CC1(C)NC(C23CC(N(Cc4ccc(Cl)cc4)S(=O)(=O)c4ccccc4)(C2)C3)=N[C@H]1C(=O)NC[C@H]1CC1(F)F. The first-order chi connectivity index (χ1) is 18.3. The van der Waals surface area contributed by atoms with E-state index in [1.165, 1.54) is 0 Å². The first-order valence-corrected chi connectivity index (χ1v) is 14.9. The summed E-state index contributed by atoms with van der Waals surface area (Å²) in [5.41, 5.74) is -0.735. The van der Waals surface area contributed by atoms with Crippen molar-refractivity contribution >= 4 is 33.4 Å². The van der Waals surface area contributed by atoms with E-state index in [9.17, 15) is 22.0 Å². The Bertz CT molecular complexity index is 1430. The Kier molecular flexibility index (Phi) is 5.96. The number of hydrogen-bond acceptors (Lipinski definition) is 5. The number of hydrogen-bond donors (Lipinski definition) is 2. The molecule has 2 aromatic rings. The van der Waals surface area contributed by atoms with Crippen LogP contribution in [0.25, 0.3) is 0 Å². The predicted octanol–water partition coefficient (Wildman–Crippen LogP) is 4.37. The highest BCUT2D eigenvalue weighted by Gasteiger charge is 2.75. The molecule has 0 aromatic heterocycles. The summed E-state index contributed by atoms with van der Waals surface area (Å²) in [6.45, 7) is 3.89. The Balaban J connectivity index is 1.21. The maximum atomic E-state index is 13.9. The van der Waals surface area contributed by atoms with Crippen molar-refractivity contribution in [3.8, 4) is 0 Å². The summed E-state index contributed by atoms with van der Waals surface area (Å²) >= 11 is 6.06. The molecule has 0 unspecified atom stereocenters. The van der Waals surface area contributed by atoms with E-state index in [1.54, 1.807) is 46.8 Å². The van der Waals surface area contributed by atoms with Crippen LogP contribution in [0.1, 0.15) is 45.1 Å². The normalized spacial score (nSPS) is 31.5. The molecule has 0 spiro atoms. The summed E-state index contributed by atoms with van der Waals surface area (Å²) in [7, 11) is -3.79. The van der Waals surface area contributed by atoms with Crippen LogP contribution in [0.3, 0.4) is 0 Å². The summed E-state index contributed by atoms with van der Waals surface area (Å²) in [6.07, 6.45) is 1.57. The van der Waals surface area contributed by atoms with Crippen LogP contribution in [0.15, 0.2) is 64.5 Å². The van der Waals surface area contributed by atoms with Gasteiger partial charge in [-0.3, -0.25) is 9.79 Å². The topological polar surface area (TPSA) is 90.9 Å². The maximum Gasteiger partial charge on any atom is 0.253 e. The average Bonchev–Trinajstić information content (AvgIpc) is 3.32. The lowest BCUT2D eigenvalue weighted by atomic mass is 9.38. The van der Waals surface area contributed by atoms with Gasteiger partial charge >= 0.3 is 0 Å². The molecule has 4 aliphatic carbocycles. The lowest BCUT2D eigenvalue weighted by molar-refractivity contribution is -0.151. The van der Waals surface area contributed by atoms with Crippen molar-refractivity contribution < 1.29 is 22.0 Å². The lowest BCUT2D eigenvalue weighted by Crippen LogP contribution is -2.78. The Morgan fingerprint density at radius 1 is 1.10 bits per heavy atom. The van der Waals surface area contributed by atoms with E-state index < -0.39 is 39.0 Å². The van der Waals surface area contributed by atoms with Gasteiger partial charge in [0, 0.05) is 41.4 Å². The number of aliphatic imine (C=N–C) groups is 1. The molecule has 0 saturated heterocycles. The molecule has 39 heavy (non-hydrogen) atoms. The summed E-state index contributed by atoms with van der Waals surface area (Å²) in [6, 6.07) is 14.9. The maximum absolute atomic E-state index is 13.9. The number of amides is 1. The van der Waals surface area contributed by atoms with E-state index in [2.05, 4.69) is 10.6 Å². The number of nitrogens with zero attached hydrogens (tertiary/aromatic N) is 2. The molecule has 11 heteroatoms. The van der Waals surface area contributed by atoms with Gasteiger partial charge in [0.15, 0.2) is 6.04 Å². The molecular formula is C28H31ClF2N4O3S. The number of sulfonamides is 1. The second-order valence-electron chi connectivity index (χ2n) is 12.1. The number of carbonyl (C=O) groups is 1. The molecule has 208 valence electrons. The van der Waals surface area contributed by atoms with Crippen LogP contribution in [-0.4, -0.2) is 54.1 Å². The monoisotopic (exact) mass is 576 g/mol. The summed E-state index contributed by atoms with van der Waals surface area (Å²) in [4.78, 5) is 17.9. The molecule has 4 saturated carbocycles. The minimum atomic E-state index is -3.79. The highest BCUT2D eigenvalue weighted by Crippen LogP contribution is 2.71. The van der Waals surface area contributed by atoms with Gasteiger partial charge in [0.2, 0.25) is 15.9 Å². The Labute approximate surface area is 232 Å². The van der Waals surface area contributed by atoms with Crippen molar-refractivity contribution in [2.45, 2.75) is 74.0 Å². The molecule has 2 atom stereocenters. The van der Waals surface area contributed by atoms with Gasteiger partial charge in [-0.2, -0.15) is 4.31 Å². The Morgan fingerprint density at radius 3 is 2.31 bits per heavy atom. The molecule has 4 fully saturated rings. The molecule has 2 N–H and O–H groups in total. The van der Waals surface area contributed by atoms with Gasteiger partial charge in [-0.25, -0.2) is 17.2 Å². The van der Waals surface area contributed by atoms with Gasteiger partial charge in [-0.1, -0.05) is 41.9 Å². The fourth-order valence-electron chi connectivity index (χ4n) is 6.40. The Hall–Kier alpha value is -2.56. The summed E-state index contributed by atoms with van der Waals surface area (Å²) in [5.74, 6) is -3.17. The molecule has 7 rings (SSSR count). The Morgan fingerprint density at radius 2 is 1.72 bits per heavy atom. The molecule has 1 aliphatic heterocycles. The number of halogens is 3. The summed E-state index contributed by atoms with van der Waals surface area (Å²) in [5, 5.41) is 6.63. The van der Waals surface area contributed by atoms with Crippen molar-refractivity contribution in [3.63, 3.8) is 0 Å². The standard InChI is InChI=1S/C28H31ClF2N4O3S/c1-25(2)22(23(36)32-13-19-12-28(19,30)31)33-24(34-25)26-15-27(16-26,17-26)35(14-18-8-10-20(29)11-9-18)39(37,38)21-6-4-3-5-7-21/h3-11,19,22H,12-17H2,1-2H3,(H,32,36)(H,33,34)/t19-,22+,26?,27?/m1/s1. The minimum Gasteiger partial charge on any atom is -0.366 e. The largest absolute Gasteiger partial charge is 0.366 e. The smallest absolute Gasteiger partial charge is 0.253 e. The summed E-state index contributed by atoms with van der Waals surface area (Å²) < 4.78 is 55.9. The second kappa shape index (κ2) is 8.72. The van der Waals surface area contributed by atoms with E-state index in [0.29, 0.717) is 30.1 Å². The number of benzene rings is 2. The van der Waals surface area contributed by atoms with Crippen molar-refractivity contribution in [2.24, 2.45) is 16.3 Å². The second-order valence-corrected chi connectivity index (χ2v) is 14.4. The first kappa shape index (κ1) is 26.7. The van der Waals surface area contributed by atoms with Crippen molar-refractivity contribution in [1.82, 2.24) is 14.9 Å². The molecular weight excluding hydrogens is 546 g/mol. The van der Waals surface area contributed by atoms with Crippen LogP contribution in [0.2, 0.25) is 5.02 Å². The van der Waals surface area contributed by atoms with Gasteiger partial charge in [0.25, 0.3) is 5.92 Å². The zero-order valence-corrected chi connectivity index (χ0v) is 23.3. The molecule has 7 nitrogen and oxygen atoms in total. The highest BCUT2D eigenvalue weighted by molar-refractivity contribution is 7.89. The molecule has 0 radical (unpaired) electrons. The average molecular weight is 577 g/mol. The third-order valence-electron chi connectivity index (χ3n) is 8.71. The molecule has 2 aromatic carbocycles. The van der Waals surface area contributed by atoms with E-state index in [0.717, 1.165) is 5.56 Å². The molecule has 1 heterocycles. The van der Waals surface area contributed by atoms with Gasteiger partial charge < -0.3 is 10.6 Å². The van der Waals surface area contributed by atoms with Crippen molar-refractivity contribution in [1.29, 1.82) is 0 Å². The zero-order valence-electron chi connectivity index (χ0n) is 21.8. The van der Waals surface area contributed by atoms with Crippen molar-refractivity contribution in [2.75, 3.05) is 6.54 Å². The number of nitrogens with one attached hydrogen (secondary N) is 2. The van der Waals surface area contributed by atoms with E-state index in [-0.39, 0.29) is 35.7 Å². The number of carbonyl (C=O) groups excluding carboxylic acids is 1. The quantitative estimate of drug-likeness (QED) is 0.464. The zero-order chi connectivity index (χ0) is 27.8. The molecule has 5 aliphatic rings. The molecule has 2 bridgehead atoms.